The van der Waals surface area contributed by atoms with E-state index in [1.54, 1.807) is 20.8 Å². The lowest BCUT2D eigenvalue weighted by Crippen LogP contribution is -2.51. The average Bonchev–Trinajstić information content (AvgIpc) is 2.21. The molecule has 0 fully saturated rings. The SMILES string of the molecule is CN(C)CCN(CC(=O)O)CC(=O)NC(=O)NC(C)(C)C. The molecule has 21 heavy (non-hydrogen) atoms. The molecule has 0 aliphatic heterocycles. The fourth-order valence-electron chi connectivity index (χ4n) is 1.49. The second-order valence-corrected chi connectivity index (χ2v) is 6.16. The van der Waals surface area contributed by atoms with Crippen LogP contribution in [-0.4, -0.2) is 78.6 Å². The summed E-state index contributed by atoms with van der Waals surface area (Å²) < 4.78 is 0. The highest BCUT2D eigenvalue weighted by atomic mass is 16.4. The molecule has 0 bridgehead atoms. The molecule has 0 rings (SSSR count). The summed E-state index contributed by atoms with van der Waals surface area (Å²) in [6, 6.07) is -0.588. The van der Waals surface area contributed by atoms with E-state index in [4.69, 9.17) is 5.11 Å². The normalized spacial score (nSPS) is 11.6. The number of hydrogen-bond donors (Lipinski definition) is 3. The van der Waals surface area contributed by atoms with Crippen molar-refractivity contribution in [1.82, 2.24) is 20.4 Å². The largest absolute Gasteiger partial charge is 0.480 e. The topological polar surface area (TPSA) is 102 Å². The van der Waals surface area contributed by atoms with Gasteiger partial charge in [0.15, 0.2) is 0 Å². The van der Waals surface area contributed by atoms with Crippen molar-refractivity contribution in [3.8, 4) is 0 Å². The van der Waals surface area contributed by atoms with E-state index in [0.29, 0.717) is 13.1 Å². The Morgan fingerprint density at radius 1 is 1.05 bits per heavy atom. The van der Waals surface area contributed by atoms with Crippen molar-refractivity contribution >= 4 is 17.9 Å². The van der Waals surface area contributed by atoms with Gasteiger partial charge in [-0.1, -0.05) is 0 Å². The van der Waals surface area contributed by atoms with Gasteiger partial charge in [-0.2, -0.15) is 0 Å². The van der Waals surface area contributed by atoms with E-state index >= 15 is 0 Å². The zero-order valence-electron chi connectivity index (χ0n) is 13.4. The Kier molecular flexibility index (Phi) is 7.90. The molecule has 8 nitrogen and oxygen atoms in total. The lowest BCUT2D eigenvalue weighted by Gasteiger charge is -2.23. The second-order valence-electron chi connectivity index (χ2n) is 6.16. The van der Waals surface area contributed by atoms with Crippen molar-refractivity contribution < 1.29 is 19.5 Å². The highest BCUT2D eigenvalue weighted by Gasteiger charge is 2.18. The number of carbonyl (C=O) groups is 3. The number of nitrogens with one attached hydrogen (secondary N) is 2. The van der Waals surface area contributed by atoms with Crippen molar-refractivity contribution in [2.45, 2.75) is 26.3 Å². The third kappa shape index (κ3) is 11.8. The van der Waals surface area contributed by atoms with Crippen LogP contribution < -0.4 is 10.6 Å². The van der Waals surface area contributed by atoms with Crippen LogP contribution in [0.1, 0.15) is 20.8 Å². The Balaban J connectivity index is 4.38. The molecule has 0 spiro atoms. The molecular formula is C13H26N4O4. The number of nitrogens with zero attached hydrogens (tertiary/aromatic N) is 2. The maximum Gasteiger partial charge on any atom is 0.321 e. The molecule has 0 aromatic rings. The third-order valence-corrected chi connectivity index (χ3v) is 2.33. The number of carbonyl (C=O) groups excluding carboxylic acids is 2. The summed E-state index contributed by atoms with van der Waals surface area (Å²) in [5, 5.41) is 13.6. The molecule has 3 N–H and O–H groups in total. The lowest BCUT2D eigenvalue weighted by molar-refractivity contribution is -0.138. The van der Waals surface area contributed by atoms with Gasteiger partial charge in [0.1, 0.15) is 0 Å². The molecule has 0 heterocycles. The number of imide groups is 1. The minimum Gasteiger partial charge on any atom is -0.480 e. The van der Waals surface area contributed by atoms with Gasteiger partial charge in [0.2, 0.25) is 5.91 Å². The van der Waals surface area contributed by atoms with Crippen molar-refractivity contribution in [2.75, 3.05) is 40.3 Å². The van der Waals surface area contributed by atoms with E-state index in [9.17, 15) is 14.4 Å². The Hall–Kier alpha value is -1.67. The molecule has 122 valence electrons. The zero-order valence-corrected chi connectivity index (χ0v) is 13.4. The minimum absolute atomic E-state index is 0.141. The van der Waals surface area contributed by atoms with E-state index in [1.807, 2.05) is 19.0 Å². The van der Waals surface area contributed by atoms with Crippen LogP contribution >= 0.6 is 0 Å². The summed E-state index contributed by atoms with van der Waals surface area (Å²) in [6.07, 6.45) is 0. The fourth-order valence-corrected chi connectivity index (χ4v) is 1.49. The summed E-state index contributed by atoms with van der Waals surface area (Å²) >= 11 is 0. The smallest absolute Gasteiger partial charge is 0.321 e. The summed E-state index contributed by atoms with van der Waals surface area (Å²) in [6.45, 7) is 6.04. The number of aliphatic carboxylic acids is 1. The summed E-state index contributed by atoms with van der Waals surface area (Å²) in [5.74, 6) is -1.54. The molecule has 8 heteroatoms. The molecule has 0 aliphatic carbocycles. The lowest BCUT2D eigenvalue weighted by atomic mass is 10.1. The predicted octanol–water partition coefficient (Wildman–Crippen LogP) is -0.441. The number of amides is 3. The standard InChI is InChI=1S/C13H26N4O4/c1-13(2,3)15-12(21)14-10(18)8-17(9-11(19)20)7-6-16(4)5/h6-9H2,1-5H3,(H,19,20)(H2,14,15,18,21). The van der Waals surface area contributed by atoms with E-state index < -0.39 is 23.4 Å². The van der Waals surface area contributed by atoms with Gasteiger partial charge in [-0.05, 0) is 34.9 Å². The Labute approximate surface area is 125 Å². The molecule has 0 unspecified atom stereocenters. The summed E-state index contributed by atoms with van der Waals surface area (Å²) in [4.78, 5) is 37.5. The summed E-state index contributed by atoms with van der Waals surface area (Å²) in [5.41, 5.74) is -0.448. The van der Waals surface area contributed by atoms with Gasteiger partial charge in [0.25, 0.3) is 0 Å². The first-order valence-corrected chi connectivity index (χ1v) is 6.70. The first-order valence-electron chi connectivity index (χ1n) is 6.70. The van der Waals surface area contributed by atoms with E-state index in [0.717, 1.165) is 0 Å². The number of urea groups is 1. The molecular weight excluding hydrogens is 276 g/mol. The van der Waals surface area contributed by atoms with Crippen LogP contribution in [-0.2, 0) is 9.59 Å². The van der Waals surface area contributed by atoms with Gasteiger partial charge in [-0.25, -0.2) is 4.79 Å². The van der Waals surface area contributed by atoms with Crippen LogP contribution in [0.3, 0.4) is 0 Å². The van der Waals surface area contributed by atoms with Crippen LogP contribution in [0.25, 0.3) is 0 Å². The van der Waals surface area contributed by atoms with Crippen molar-refractivity contribution in [1.29, 1.82) is 0 Å². The Morgan fingerprint density at radius 2 is 1.62 bits per heavy atom. The third-order valence-electron chi connectivity index (χ3n) is 2.33. The second kappa shape index (κ2) is 8.58. The molecule has 0 radical (unpaired) electrons. The van der Waals surface area contributed by atoms with E-state index in [1.165, 1.54) is 4.90 Å². The molecule has 0 atom stereocenters. The van der Waals surface area contributed by atoms with Crippen LogP contribution in [0.4, 0.5) is 4.79 Å². The predicted molar refractivity (Wildman–Crippen MR) is 79.1 cm³/mol. The highest BCUT2D eigenvalue weighted by Crippen LogP contribution is 1.97. The van der Waals surface area contributed by atoms with Gasteiger partial charge >= 0.3 is 12.0 Å². The molecule has 3 amide bonds. The van der Waals surface area contributed by atoms with Crippen LogP contribution in [0.5, 0.6) is 0 Å². The number of rotatable bonds is 7. The zero-order chi connectivity index (χ0) is 16.6. The van der Waals surface area contributed by atoms with Gasteiger partial charge in [-0.3, -0.25) is 19.8 Å². The molecule has 0 saturated heterocycles. The van der Waals surface area contributed by atoms with E-state index in [-0.39, 0.29) is 13.1 Å². The maximum atomic E-state index is 11.8. The quantitative estimate of drug-likeness (QED) is 0.589. The Morgan fingerprint density at radius 3 is 2.05 bits per heavy atom. The Bertz CT molecular complexity index is 377. The van der Waals surface area contributed by atoms with Gasteiger partial charge in [-0.15, -0.1) is 0 Å². The maximum absolute atomic E-state index is 11.8. The fraction of sp³-hybridized carbons (Fsp3) is 0.769. The number of hydrogen-bond acceptors (Lipinski definition) is 5. The van der Waals surface area contributed by atoms with E-state index in [2.05, 4.69) is 10.6 Å². The molecule has 0 aromatic carbocycles. The van der Waals surface area contributed by atoms with Gasteiger partial charge in [0.05, 0.1) is 13.1 Å². The first kappa shape index (κ1) is 19.3. The van der Waals surface area contributed by atoms with Crippen molar-refractivity contribution in [3.05, 3.63) is 0 Å². The molecule has 0 aliphatic rings. The first-order chi connectivity index (χ1) is 9.49. The molecule has 0 saturated carbocycles. The van der Waals surface area contributed by atoms with Crippen molar-refractivity contribution in [3.63, 3.8) is 0 Å². The van der Waals surface area contributed by atoms with Crippen LogP contribution in [0.15, 0.2) is 0 Å². The van der Waals surface area contributed by atoms with Gasteiger partial charge < -0.3 is 15.3 Å². The highest BCUT2D eigenvalue weighted by molar-refractivity contribution is 5.95. The number of carboxylic acids is 1. The monoisotopic (exact) mass is 302 g/mol. The minimum atomic E-state index is -1.01. The van der Waals surface area contributed by atoms with Crippen LogP contribution in [0.2, 0.25) is 0 Å². The number of carboxylic acid groups (broad SMARTS) is 1. The van der Waals surface area contributed by atoms with Gasteiger partial charge in [0, 0.05) is 18.6 Å². The number of likely N-dealkylation sites (N-methyl/N-ethyl adjacent to an activating group) is 1. The average molecular weight is 302 g/mol. The summed E-state index contributed by atoms with van der Waals surface area (Å²) in [7, 11) is 3.71. The van der Waals surface area contributed by atoms with Crippen LogP contribution in [0, 0.1) is 0 Å². The van der Waals surface area contributed by atoms with Crippen molar-refractivity contribution in [2.24, 2.45) is 0 Å². The molecule has 0 aromatic heterocycles.